The lowest BCUT2D eigenvalue weighted by atomic mass is 9.99. The Morgan fingerprint density at radius 1 is 1.14 bits per heavy atom. The Labute approximate surface area is 170 Å². The van der Waals surface area contributed by atoms with Crippen LogP contribution in [0.5, 0.6) is 0 Å². The lowest BCUT2D eigenvalue weighted by Crippen LogP contribution is -2.36. The van der Waals surface area contributed by atoms with E-state index in [1.54, 1.807) is 24.3 Å². The Kier molecular flexibility index (Phi) is 6.29. The lowest BCUT2D eigenvalue weighted by Gasteiger charge is -2.28. The molecule has 0 radical (unpaired) electrons. The van der Waals surface area contributed by atoms with Crippen LogP contribution in [-0.2, 0) is 22.5 Å². The first kappa shape index (κ1) is 20.5. The molecular formula is C22H26N4O3. The van der Waals surface area contributed by atoms with Gasteiger partial charge in [0.2, 0.25) is 0 Å². The van der Waals surface area contributed by atoms with Crippen LogP contribution >= 0.6 is 0 Å². The number of fused-ring (bicyclic) bond motifs is 1. The molecule has 2 aromatic carbocycles. The highest BCUT2D eigenvalue weighted by Crippen LogP contribution is 2.23. The van der Waals surface area contributed by atoms with Gasteiger partial charge in [0, 0.05) is 29.9 Å². The predicted octanol–water partition coefficient (Wildman–Crippen LogP) is 2.53. The Bertz CT molecular complexity index is 922. The van der Waals surface area contributed by atoms with Gasteiger partial charge in [0.25, 0.3) is 5.91 Å². The number of nitrogens with one attached hydrogen (secondary N) is 2. The number of carbonyl (C=O) groups is 2. The monoisotopic (exact) mass is 394 g/mol. The molecule has 3 rings (SSSR count). The summed E-state index contributed by atoms with van der Waals surface area (Å²) in [6.07, 6.45) is 0.733. The number of carbonyl (C=O) groups excluding carboxylic acids is 2. The van der Waals surface area contributed by atoms with Gasteiger partial charge < -0.3 is 15.8 Å². The third-order valence-electron chi connectivity index (χ3n) is 4.73. The van der Waals surface area contributed by atoms with E-state index in [1.165, 1.54) is 5.56 Å². The summed E-state index contributed by atoms with van der Waals surface area (Å²) in [5.74, 6) is -0.483. The van der Waals surface area contributed by atoms with Crippen LogP contribution in [0.15, 0.2) is 42.5 Å². The minimum Gasteiger partial charge on any atom is -0.462 e. The fourth-order valence-corrected chi connectivity index (χ4v) is 3.32. The van der Waals surface area contributed by atoms with E-state index in [9.17, 15) is 9.59 Å². The van der Waals surface area contributed by atoms with Crippen LogP contribution < -0.4 is 11.1 Å². The molecule has 0 aromatic heterocycles. The van der Waals surface area contributed by atoms with Crippen molar-refractivity contribution in [1.82, 2.24) is 4.90 Å². The molecule has 0 spiro atoms. The molecule has 0 fully saturated rings. The molecule has 0 unspecified atom stereocenters. The first-order valence-corrected chi connectivity index (χ1v) is 9.61. The third kappa shape index (κ3) is 5.42. The number of hydrogen-bond donors (Lipinski definition) is 3. The Morgan fingerprint density at radius 3 is 2.48 bits per heavy atom. The summed E-state index contributed by atoms with van der Waals surface area (Å²) in [5.41, 5.74) is 9.53. The number of esters is 1. The van der Waals surface area contributed by atoms with Gasteiger partial charge in [0.05, 0.1) is 12.6 Å². The zero-order valence-electron chi connectivity index (χ0n) is 16.7. The second kappa shape index (κ2) is 8.87. The fraction of sp³-hybridized carbons (Fsp3) is 0.318. The molecule has 29 heavy (non-hydrogen) atoms. The summed E-state index contributed by atoms with van der Waals surface area (Å²) in [6.45, 7) is 5.38. The van der Waals surface area contributed by atoms with E-state index in [-0.39, 0.29) is 30.4 Å². The Balaban J connectivity index is 1.65. The smallest absolute Gasteiger partial charge is 0.320 e. The largest absolute Gasteiger partial charge is 0.462 e. The Morgan fingerprint density at radius 2 is 1.83 bits per heavy atom. The van der Waals surface area contributed by atoms with Gasteiger partial charge in [0.1, 0.15) is 5.84 Å². The summed E-state index contributed by atoms with van der Waals surface area (Å²) < 4.78 is 5.23. The van der Waals surface area contributed by atoms with Crippen molar-refractivity contribution >= 4 is 23.4 Å². The molecule has 152 valence electrons. The number of hydrogen-bond acceptors (Lipinski definition) is 5. The number of anilines is 1. The molecule has 7 heteroatoms. The average molecular weight is 394 g/mol. The molecule has 0 saturated heterocycles. The minimum absolute atomic E-state index is 0.0338. The van der Waals surface area contributed by atoms with Crippen LogP contribution in [0.4, 0.5) is 5.69 Å². The molecule has 0 bridgehead atoms. The zero-order chi connectivity index (χ0) is 21.0. The molecule has 0 atom stereocenters. The van der Waals surface area contributed by atoms with Gasteiger partial charge in [-0.15, -0.1) is 0 Å². The molecule has 1 aliphatic heterocycles. The van der Waals surface area contributed by atoms with Crippen molar-refractivity contribution in [2.75, 3.05) is 18.4 Å². The first-order chi connectivity index (χ1) is 13.8. The van der Waals surface area contributed by atoms with Crippen molar-refractivity contribution < 1.29 is 14.3 Å². The van der Waals surface area contributed by atoms with E-state index in [4.69, 9.17) is 15.9 Å². The molecule has 1 amide bonds. The number of amides is 1. The van der Waals surface area contributed by atoms with E-state index in [1.807, 2.05) is 32.0 Å². The summed E-state index contributed by atoms with van der Waals surface area (Å²) >= 11 is 0. The van der Waals surface area contributed by atoms with Crippen molar-refractivity contribution in [2.45, 2.75) is 32.9 Å². The number of nitrogen functional groups attached to an aromatic ring is 1. The quantitative estimate of drug-likeness (QED) is 0.396. The topological polar surface area (TPSA) is 109 Å². The van der Waals surface area contributed by atoms with Crippen LogP contribution in [0.1, 0.15) is 40.9 Å². The van der Waals surface area contributed by atoms with E-state index in [0.717, 1.165) is 18.5 Å². The molecule has 4 N–H and O–H groups in total. The minimum atomic E-state index is -0.228. The van der Waals surface area contributed by atoms with Gasteiger partial charge in [-0.25, -0.2) is 0 Å². The van der Waals surface area contributed by atoms with Gasteiger partial charge in [-0.1, -0.05) is 18.2 Å². The number of amidine groups is 1. The molecule has 1 aliphatic rings. The number of nitrogens with two attached hydrogens (primary N) is 1. The number of benzene rings is 2. The summed E-state index contributed by atoms with van der Waals surface area (Å²) in [6, 6.07) is 12.5. The Hall–Kier alpha value is -3.19. The van der Waals surface area contributed by atoms with Gasteiger partial charge in [-0.2, -0.15) is 0 Å². The number of rotatable bonds is 6. The molecule has 7 nitrogen and oxygen atoms in total. The molecular weight excluding hydrogens is 368 g/mol. The standard InChI is InChI=1S/C22H26N4O3/c1-14(2)29-20(27)13-26-10-9-15-7-8-19(11-18(15)12-26)25-22(28)17-5-3-16(4-6-17)21(23)24/h3-8,11,14H,9-10,12-13H2,1-2H3,(H3,23,24)(H,25,28). The van der Waals surface area contributed by atoms with Crippen LogP contribution in [0.2, 0.25) is 0 Å². The SMILES string of the molecule is CC(C)OC(=O)CN1CCc2ccc(NC(=O)c3ccc(C(=N)N)cc3)cc2C1. The van der Waals surface area contributed by atoms with E-state index in [2.05, 4.69) is 10.2 Å². The molecule has 0 aliphatic carbocycles. The predicted molar refractivity (Wildman–Crippen MR) is 112 cm³/mol. The average Bonchev–Trinajstić information content (AvgIpc) is 2.67. The highest BCUT2D eigenvalue weighted by molar-refractivity contribution is 6.05. The second-order valence-corrected chi connectivity index (χ2v) is 7.43. The van der Waals surface area contributed by atoms with E-state index in [0.29, 0.717) is 23.4 Å². The second-order valence-electron chi connectivity index (χ2n) is 7.43. The molecule has 2 aromatic rings. The van der Waals surface area contributed by atoms with Gasteiger partial charge in [-0.05, 0) is 55.7 Å². The molecule has 0 saturated carbocycles. The number of nitrogens with zero attached hydrogens (tertiary/aromatic N) is 1. The van der Waals surface area contributed by atoms with E-state index >= 15 is 0 Å². The number of ether oxygens (including phenoxy) is 1. The van der Waals surface area contributed by atoms with Crippen molar-refractivity contribution in [3.63, 3.8) is 0 Å². The van der Waals surface area contributed by atoms with Crippen molar-refractivity contribution in [3.8, 4) is 0 Å². The van der Waals surface area contributed by atoms with Crippen LogP contribution in [-0.4, -0.2) is 41.8 Å². The highest BCUT2D eigenvalue weighted by atomic mass is 16.5. The van der Waals surface area contributed by atoms with Gasteiger partial charge >= 0.3 is 5.97 Å². The zero-order valence-corrected chi connectivity index (χ0v) is 16.7. The first-order valence-electron chi connectivity index (χ1n) is 9.61. The maximum atomic E-state index is 12.5. The van der Waals surface area contributed by atoms with Crippen LogP contribution in [0, 0.1) is 5.41 Å². The van der Waals surface area contributed by atoms with Crippen molar-refractivity contribution in [3.05, 3.63) is 64.7 Å². The van der Waals surface area contributed by atoms with Crippen molar-refractivity contribution in [2.24, 2.45) is 5.73 Å². The fourth-order valence-electron chi connectivity index (χ4n) is 3.32. The van der Waals surface area contributed by atoms with Crippen molar-refractivity contribution in [1.29, 1.82) is 5.41 Å². The van der Waals surface area contributed by atoms with Crippen LogP contribution in [0.25, 0.3) is 0 Å². The lowest BCUT2D eigenvalue weighted by molar-refractivity contribution is -0.148. The summed E-state index contributed by atoms with van der Waals surface area (Å²) in [5, 5.41) is 10.3. The maximum absolute atomic E-state index is 12.5. The molecule has 1 heterocycles. The highest BCUT2D eigenvalue weighted by Gasteiger charge is 2.20. The normalized spacial score (nSPS) is 13.6. The maximum Gasteiger partial charge on any atom is 0.320 e. The van der Waals surface area contributed by atoms with Gasteiger partial charge in [0.15, 0.2) is 0 Å². The van der Waals surface area contributed by atoms with Gasteiger partial charge in [-0.3, -0.25) is 19.9 Å². The summed E-state index contributed by atoms with van der Waals surface area (Å²) in [4.78, 5) is 26.5. The van der Waals surface area contributed by atoms with E-state index < -0.39 is 0 Å². The summed E-state index contributed by atoms with van der Waals surface area (Å²) in [7, 11) is 0. The van der Waals surface area contributed by atoms with Crippen LogP contribution in [0.3, 0.4) is 0 Å². The third-order valence-corrected chi connectivity index (χ3v) is 4.73.